The van der Waals surface area contributed by atoms with E-state index in [0.29, 0.717) is 27.2 Å². The highest BCUT2D eigenvalue weighted by atomic mass is 35.5. The van der Waals surface area contributed by atoms with Crippen LogP contribution in [0, 0.1) is 0 Å². The molecule has 0 aliphatic heterocycles. The van der Waals surface area contributed by atoms with E-state index in [1.54, 1.807) is 42.6 Å². The maximum Gasteiger partial charge on any atom is 0.335 e. The topological polar surface area (TPSA) is 101 Å². The fourth-order valence-corrected chi connectivity index (χ4v) is 4.29. The third kappa shape index (κ3) is 3.52. The third-order valence-electron chi connectivity index (χ3n) is 4.62. The number of fused-ring (bicyclic) bond motifs is 1. The van der Waals surface area contributed by atoms with Crippen LogP contribution in [0.15, 0.2) is 46.9 Å². The van der Waals surface area contributed by atoms with Crippen LogP contribution < -0.4 is 14.8 Å². The number of imidazole rings is 1. The second kappa shape index (κ2) is 7.38. The Morgan fingerprint density at radius 1 is 1.45 bits per heavy atom. The van der Waals surface area contributed by atoms with Gasteiger partial charge in [0, 0.05) is 12.1 Å². The number of aromatic hydroxyl groups is 1. The number of phenols is 1. The van der Waals surface area contributed by atoms with E-state index in [4.69, 9.17) is 21.4 Å². The number of rotatable bonds is 4. The molecule has 0 saturated carbocycles. The average Bonchev–Trinajstić information content (AvgIpc) is 3.24. The van der Waals surface area contributed by atoms with E-state index in [1.165, 1.54) is 22.8 Å². The molecular weight excluding hydrogens is 416 g/mol. The summed E-state index contributed by atoms with van der Waals surface area (Å²) in [7, 11) is 1.42. The number of aromatic nitrogens is 2. The lowest BCUT2D eigenvalue weighted by molar-refractivity contribution is -0.132. The standard InChI is InChI=1S/C20H15ClN2O5S/c1-28-15-7-10(6-13(21)17(15)24)8-16-18(25)23-9-14(22-20(23)29-16)11-2-4-12(5-3-11)19(26)27/h2,4-9,11,24H,3H2,1H3,(H,26,27). The molecule has 1 unspecified atom stereocenters. The fourth-order valence-electron chi connectivity index (χ4n) is 3.11. The molecule has 0 fully saturated rings. The second-order valence-electron chi connectivity index (χ2n) is 6.45. The summed E-state index contributed by atoms with van der Waals surface area (Å²) in [6.07, 6.45) is 8.87. The number of nitrogens with zero attached hydrogens (tertiary/aromatic N) is 2. The molecule has 2 N–H and O–H groups in total. The van der Waals surface area contributed by atoms with Crippen LogP contribution in [0.4, 0.5) is 0 Å². The van der Waals surface area contributed by atoms with Crippen LogP contribution >= 0.6 is 22.9 Å². The highest BCUT2D eigenvalue weighted by Gasteiger charge is 2.18. The SMILES string of the molecule is COc1cc(C=c2sc3nc(C4C=CC(C(=O)O)=CC4)cn3c2=O)cc(Cl)c1O. The van der Waals surface area contributed by atoms with Crippen molar-refractivity contribution in [1.29, 1.82) is 0 Å². The number of allylic oxidation sites excluding steroid dienone is 2. The minimum Gasteiger partial charge on any atom is -0.503 e. The van der Waals surface area contributed by atoms with E-state index in [9.17, 15) is 14.7 Å². The maximum atomic E-state index is 12.8. The quantitative estimate of drug-likeness (QED) is 0.660. The Kier molecular flexibility index (Phi) is 4.89. The number of carboxylic acids is 1. The number of phenolic OH excluding ortho intramolecular Hbond substituents is 1. The molecule has 29 heavy (non-hydrogen) atoms. The van der Waals surface area contributed by atoms with E-state index in [-0.39, 0.29) is 33.6 Å². The van der Waals surface area contributed by atoms with Crippen molar-refractivity contribution in [1.82, 2.24) is 9.38 Å². The van der Waals surface area contributed by atoms with Gasteiger partial charge in [-0.15, -0.1) is 0 Å². The molecular formula is C20H15ClN2O5S. The van der Waals surface area contributed by atoms with Crippen LogP contribution in [0.3, 0.4) is 0 Å². The summed E-state index contributed by atoms with van der Waals surface area (Å²) in [5.41, 5.74) is 1.37. The molecule has 3 aromatic rings. The Bertz CT molecular complexity index is 1300. The van der Waals surface area contributed by atoms with Gasteiger partial charge in [-0.1, -0.05) is 41.2 Å². The highest BCUT2D eigenvalue weighted by Crippen LogP contribution is 2.35. The summed E-state index contributed by atoms with van der Waals surface area (Å²) in [6.45, 7) is 0. The Morgan fingerprint density at radius 3 is 2.86 bits per heavy atom. The molecule has 7 nitrogen and oxygen atoms in total. The molecule has 4 rings (SSSR count). The molecule has 0 bridgehead atoms. The Hall–Kier alpha value is -3.10. The maximum absolute atomic E-state index is 12.8. The lowest BCUT2D eigenvalue weighted by atomic mass is 9.94. The van der Waals surface area contributed by atoms with Crippen LogP contribution in [0.2, 0.25) is 5.02 Å². The number of hydrogen-bond acceptors (Lipinski definition) is 6. The molecule has 0 amide bonds. The first-order valence-electron chi connectivity index (χ1n) is 8.59. The van der Waals surface area contributed by atoms with Gasteiger partial charge in [-0.3, -0.25) is 9.20 Å². The van der Waals surface area contributed by atoms with Gasteiger partial charge in [0.25, 0.3) is 5.56 Å². The smallest absolute Gasteiger partial charge is 0.335 e. The number of ether oxygens (including phenoxy) is 1. The number of hydrogen-bond donors (Lipinski definition) is 2. The molecule has 1 atom stereocenters. The number of benzene rings is 1. The molecule has 2 heterocycles. The van der Waals surface area contributed by atoms with Crippen molar-refractivity contribution in [2.75, 3.05) is 7.11 Å². The Morgan fingerprint density at radius 2 is 2.24 bits per heavy atom. The normalized spacial score (nSPS) is 17.0. The molecule has 1 aliphatic carbocycles. The number of thiazole rings is 1. The molecule has 148 valence electrons. The third-order valence-corrected chi connectivity index (χ3v) is 5.89. The molecule has 0 radical (unpaired) electrons. The van der Waals surface area contributed by atoms with E-state index >= 15 is 0 Å². The predicted octanol–water partition coefficient (Wildman–Crippen LogP) is 2.73. The summed E-state index contributed by atoms with van der Waals surface area (Å²) in [5.74, 6) is -0.965. The van der Waals surface area contributed by atoms with Crippen molar-refractivity contribution >= 4 is 39.9 Å². The van der Waals surface area contributed by atoms with E-state index in [0.717, 1.165) is 0 Å². The summed E-state index contributed by atoms with van der Waals surface area (Å²) in [6, 6.07) is 3.14. The van der Waals surface area contributed by atoms with Crippen LogP contribution in [0.5, 0.6) is 11.5 Å². The molecule has 0 spiro atoms. The van der Waals surface area contributed by atoms with Gasteiger partial charge in [0.1, 0.15) is 0 Å². The zero-order valence-corrected chi connectivity index (χ0v) is 16.7. The highest BCUT2D eigenvalue weighted by molar-refractivity contribution is 7.15. The molecule has 1 aromatic carbocycles. The number of carboxylic acid groups (broad SMARTS) is 1. The number of carbonyl (C=O) groups is 1. The zero-order valence-electron chi connectivity index (χ0n) is 15.1. The van der Waals surface area contributed by atoms with Gasteiger partial charge in [0.2, 0.25) is 0 Å². The van der Waals surface area contributed by atoms with Crippen molar-refractivity contribution in [3.8, 4) is 11.5 Å². The molecule has 2 aromatic heterocycles. The first kappa shape index (κ1) is 19.2. The first-order chi connectivity index (χ1) is 13.9. The molecule has 9 heteroatoms. The van der Waals surface area contributed by atoms with Gasteiger partial charge in [0.05, 0.1) is 27.9 Å². The second-order valence-corrected chi connectivity index (χ2v) is 7.87. The number of aliphatic carboxylic acids is 1. The molecule has 1 aliphatic rings. The Balaban J connectivity index is 1.69. The monoisotopic (exact) mass is 430 g/mol. The average molecular weight is 431 g/mol. The van der Waals surface area contributed by atoms with Gasteiger partial charge in [-0.05, 0) is 30.2 Å². The van der Waals surface area contributed by atoms with Crippen molar-refractivity contribution in [2.24, 2.45) is 0 Å². The lowest BCUT2D eigenvalue weighted by Gasteiger charge is -2.11. The van der Waals surface area contributed by atoms with Crippen LogP contribution in [0.25, 0.3) is 11.0 Å². The van der Waals surface area contributed by atoms with Crippen LogP contribution in [0.1, 0.15) is 23.6 Å². The van der Waals surface area contributed by atoms with Gasteiger partial charge < -0.3 is 14.9 Å². The van der Waals surface area contributed by atoms with Crippen molar-refractivity contribution < 1.29 is 19.7 Å². The van der Waals surface area contributed by atoms with E-state index in [1.807, 2.05) is 0 Å². The van der Waals surface area contributed by atoms with Crippen LogP contribution in [-0.4, -0.2) is 32.7 Å². The van der Waals surface area contributed by atoms with Gasteiger partial charge in [-0.2, -0.15) is 0 Å². The fraction of sp³-hybridized carbons (Fsp3) is 0.150. The Labute approximate surface area is 173 Å². The largest absolute Gasteiger partial charge is 0.503 e. The van der Waals surface area contributed by atoms with Crippen molar-refractivity contribution in [2.45, 2.75) is 12.3 Å². The summed E-state index contributed by atoms with van der Waals surface area (Å²) in [4.78, 5) is 28.8. The van der Waals surface area contributed by atoms with Gasteiger partial charge in [-0.25, -0.2) is 9.78 Å². The van der Waals surface area contributed by atoms with E-state index < -0.39 is 5.97 Å². The predicted molar refractivity (Wildman–Crippen MR) is 110 cm³/mol. The number of methoxy groups -OCH3 is 1. The minimum atomic E-state index is -0.960. The summed E-state index contributed by atoms with van der Waals surface area (Å²) < 4.78 is 7.04. The summed E-state index contributed by atoms with van der Waals surface area (Å²) in [5, 5.41) is 19.0. The molecule has 0 saturated heterocycles. The first-order valence-corrected chi connectivity index (χ1v) is 9.78. The van der Waals surface area contributed by atoms with Crippen LogP contribution in [-0.2, 0) is 4.79 Å². The van der Waals surface area contributed by atoms with Gasteiger partial charge in [0.15, 0.2) is 16.5 Å². The van der Waals surface area contributed by atoms with Gasteiger partial charge >= 0.3 is 5.97 Å². The van der Waals surface area contributed by atoms with Crippen molar-refractivity contribution in [3.63, 3.8) is 0 Å². The van der Waals surface area contributed by atoms with E-state index in [2.05, 4.69) is 4.98 Å². The summed E-state index contributed by atoms with van der Waals surface area (Å²) >= 11 is 7.24. The zero-order chi connectivity index (χ0) is 20.7. The lowest BCUT2D eigenvalue weighted by Crippen LogP contribution is -2.22. The minimum absolute atomic E-state index is 0.0720. The number of halogens is 1. The van der Waals surface area contributed by atoms with Crippen molar-refractivity contribution in [3.05, 3.63) is 73.3 Å².